The minimum Gasteiger partial charge on any atom is -0.370 e. The zero-order chi connectivity index (χ0) is 14.3. The summed E-state index contributed by atoms with van der Waals surface area (Å²) in [5.41, 5.74) is 2.75. The second-order valence-corrected chi connectivity index (χ2v) is 5.36. The van der Waals surface area contributed by atoms with Crippen LogP contribution in [0.25, 0.3) is 0 Å². The largest absolute Gasteiger partial charge is 0.370 e. The molecule has 3 nitrogen and oxygen atoms in total. The minimum atomic E-state index is 0.384. The fourth-order valence-electron chi connectivity index (χ4n) is 2.24. The van der Waals surface area contributed by atoms with Crippen LogP contribution in [0.4, 0.5) is 5.69 Å². The maximum atomic E-state index is 3.35. The fraction of sp³-hybridized carbons (Fsp3) is 0.625. The van der Waals surface area contributed by atoms with Crippen LogP contribution < -0.4 is 10.2 Å². The lowest BCUT2D eigenvalue weighted by atomic mass is 10.0. The summed E-state index contributed by atoms with van der Waals surface area (Å²) in [6.07, 6.45) is 1.18. The minimum absolute atomic E-state index is 0.384. The van der Waals surface area contributed by atoms with E-state index in [1.165, 1.54) is 17.7 Å². The second kappa shape index (κ2) is 8.18. The van der Waals surface area contributed by atoms with Crippen molar-refractivity contribution in [3.8, 4) is 0 Å². The molecular formula is C16H29N3. The maximum Gasteiger partial charge on any atom is 0.0415 e. The number of rotatable bonds is 8. The maximum absolute atomic E-state index is 3.35. The molecule has 1 unspecified atom stereocenters. The first-order valence-electron chi connectivity index (χ1n) is 7.26. The summed E-state index contributed by atoms with van der Waals surface area (Å²) in [5, 5.41) is 3.35. The van der Waals surface area contributed by atoms with E-state index < -0.39 is 0 Å². The molecule has 1 rings (SSSR count). The molecule has 0 heterocycles. The van der Waals surface area contributed by atoms with Crippen molar-refractivity contribution in [3.63, 3.8) is 0 Å². The normalized spacial score (nSPS) is 12.7. The average molecular weight is 263 g/mol. The summed E-state index contributed by atoms with van der Waals surface area (Å²) in [6.45, 7) is 7.74. The van der Waals surface area contributed by atoms with Gasteiger partial charge in [-0.3, -0.25) is 0 Å². The van der Waals surface area contributed by atoms with E-state index in [0.717, 1.165) is 19.6 Å². The third kappa shape index (κ3) is 4.84. The molecule has 1 aromatic rings. The molecule has 19 heavy (non-hydrogen) atoms. The number of benzene rings is 1. The van der Waals surface area contributed by atoms with Gasteiger partial charge in [0.2, 0.25) is 0 Å². The van der Waals surface area contributed by atoms with Crippen LogP contribution in [0.1, 0.15) is 31.9 Å². The Hall–Kier alpha value is -1.06. The number of hydrogen-bond acceptors (Lipinski definition) is 3. The van der Waals surface area contributed by atoms with Gasteiger partial charge in [-0.05, 0) is 46.1 Å². The molecule has 0 aliphatic heterocycles. The Kier molecular flexibility index (Phi) is 6.89. The third-order valence-electron chi connectivity index (χ3n) is 3.49. The highest BCUT2D eigenvalue weighted by Crippen LogP contribution is 2.26. The Morgan fingerprint density at radius 3 is 2.37 bits per heavy atom. The van der Waals surface area contributed by atoms with Crippen molar-refractivity contribution in [1.29, 1.82) is 0 Å². The van der Waals surface area contributed by atoms with Crippen molar-refractivity contribution in [3.05, 3.63) is 29.8 Å². The van der Waals surface area contributed by atoms with Crippen molar-refractivity contribution < 1.29 is 0 Å². The monoisotopic (exact) mass is 263 g/mol. The van der Waals surface area contributed by atoms with Crippen molar-refractivity contribution in [2.24, 2.45) is 0 Å². The SMILES string of the molecule is CCCN(CCN(C)C)c1ccccc1C(C)NC. The highest BCUT2D eigenvalue weighted by molar-refractivity contribution is 5.55. The third-order valence-corrected chi connectivity index (χ3v) is 3.49. The topological polar surface area (TPSA) is 18.5 Å². The second-order valence-electron chi connectivity index (χ2n) is 5.36. The summed E-state index contributed by atoms with van der Waals surface area (Å²) in [6, 6.07) is 9.13. The summed E-state index contributed by atoms with van der Waals surface area (Å²) >= 11 is 0. The van der Waals surface area contributed by atoms with Gasteiger partial charge >= 0.3 is 0 Å². The molecule has 0 saturated heterocycles. The van der Waals surface area contributed by atoms with E-state index >= 15 is 0 Å². The van der Waals surface area contributed by atoms with Crippen molar-refractivity contribution in [2.45, 2.75) is 26.3 Å². The molecule has 0 aliphatic carbocycles. The average Bonchev–Trinajstić information content (AvgIpc) is 2.42. The van der Waals surface area contributed by atoms with Gasteiger partial charge < -0.3 is 15.1 Å². The summed E-state index contributed by atoms with van der Waals surface area (Å²) < 4.78 is 0. The van der Waals surface area contributed by atoms with Crippen LogP contribution in [0.2, 0.25) is 0 Å². The van der Waals surface area contributed by atoms with Gasteiger partial charge in [0.1, 0.15) is 0 Å². The van der Waals surface area contributed by atoms with E-state index in [9.17, 15) is 0 Å². The van der Waals surface area contributed by atoms with E-state index in [4.69, 9.17) is 0 Å². The molecule has 1 atom stereocenters. The number of nitrogens with zero attached hydrogens (tertiary/aromatic N) is 2. The summed E-state index contributed by atoms with van der Waals surface area (Å²) in [5.74, 6) is 0. The number of anilines is 1. The molecule has 0 amide bonds. The number of nitrogens with one attached hydrogen (secondary N) is 1. The molecule has 0 radical (unpaired) electrons. The van der Waals surface area contributed by atoms with Gasteiger partial charge in [0, 0.05) is 31.4 Å². The molecule has 0 saturated carbocycles. The molecule has 1 N–H and O–H groups in total. The highest BCUT2D eigenvalue weighted by Gasteiger charge is 2.13. The zero-order valence-corrected chi connectivity index (χ0v) is 13.1. The molecule has 0 aliphatic rings. The van der Waals surface area contributed by atoms with Crippen LogP contribution >= 0.6 is 0 Å². The van der Waals surface area contributed by atoms with E-state index in [1.54, 1.807) is 0 Å². The Morgan fingerprint density at radius 2 is 1.79 bits per heavy atom. The first-order chi connectivity index (χ1) is 9.10. The lowest BCUT2D eigenvalue weighted by Gasteiger charge is -2.29. The van der Waals surface area contributed by atoms with E-state index in [0.29, 0.717) is 6.04 Å². The Bertz CT molecular complexity index is 363. The summed E-state index contributed by atoms with van der Waals surface area (Å²) in [4.78, 5) is 4.75. The first-order valence-corrected chi connectivity index (χ1v) is 7.26. The van der Waals surface area contributed by atoms with Crippen LogP contribution in [-0.2, 0) is 0 Å². The molecule has 0 aromatic heterocycles. The lowest BCUT2D eigenvalue weighted by Crippen LogP contribution is -2.33. The number of hydrogen-bond donors (Lipinski definition) is 1. The molecule has 108 valence electrons. The lowest BCUT2D eigenvalue weighted by molar-refractivity contribution is 0.412. The molecule has 0 spiro atoms. The van der Waals surface area contributed by atoms with Crippen molar-refractivity contribution in [2.75, 3.05) is 45.7 Å². The van der Waals surface area contributed by atoms with Crippen LogP contribution in [0.15, 0.2) is 24.3 Å². The number of likely N-dealkylation sites (N-methyl/N-ethyl adjacent to an activating group) is 1. The highest BCUT2D eigenvalue weighted by atomic mass is 15.2. The van der Waals surface area contributed by atoms with Gasteiger partial charge in [-0.15, -0.1) is 0 Å². The van der Waals surface area contributed by atoms with Gasteiger partial charge in [-0.1, -0.05) is 25.1 Å². The van der Waals surface area contributed by atoms with Crippen LogP contribution in [-0.4, -0.2) is 45.7 Å². The molecular weight excluding hydrogens is 234 g/mol. The molecule has 0 bridgehead atoms. The Labute approximate surface area is 118 Å². The van der Waals surface area contributed by atoms with Crippen molar-refractivity contribution in [1.82, 2.24) is 10.2 Å². The summed E-state index contributed by atoms with van der Waals surface area (Å²) in [7, 11) is 6.28. The quantitative estimate of drug-likeness (QED) is 0.778. The predicted molar refractivity (Wildman–Crippen MR) is 85.0 cm³/mol. The van der Waals surface area contributed by atoms with Crippen LogP contribution in [0.3, 0.4) is 0 Å². The van der Waals surface area contributed by atoms with Crippen LogP contribution in [0, 0.1) is 0 Å². The van der Waals surface area contributed by atoms with Gasteiger partial charge in [-0.25, -0.2) is 0 Å². The number of para-hydroxylation sites is 1. The molecule has 3 heteroatoms. The van der Waals surface area contributed by atoms with Gasteiger partial charge in [0.15, 0.2) is 0 Å². The Balaban J connectivity index is 2.94. The smallest absolute Gasteiger partial charge is 0.0415 e. The van der Waals surface area contributed by atoms with Crippen LogP contribution in [0.5, 0.6) is 0 Å². The predicted octanol–water partition coefficient (Wildman–Crippen LogP) is 2.75. The fourth-order valence-corrected chi connectivity index (χ4v) is 2.24. The van der Waals surface area contributed by atoms with Gasteiger partial charge in [0.25, 0.3) is 0 Å². The Morgan fingerprint density at radius 1 is 1.11 bits per heavy atom. The first kappa shape index (κ1) is 16.0. The van der Waals surface area contributed by atoms with E-state index in [-0.39, 0.29) is 0 Å². The van der Waals surface area contributed by atoms with Crippen molar-refractivity contribution >= 4 is 5.69 Å². The van der Waals surface area contributed by atoms with E-state index in [1.807, 2.05) is 7.05 Å². The van der Waals surface area contributed by atoms with E-state index in [2.05, 4.69) is 67.3 Å². The standard InChI is InChI=1S/C16H29N3/c1-6-11-19(13-12-18(4)5)16-10-8-7-9-15(16)14(2)17-3/h7-10,14,17H,6,11-13H2,1-5H3. The molecule has 0 fully saturated rings. The van der Waals surface area contributed by atoms with Gasteiger partial charge in [0.05, 0.1) is 0 Å². The zero-order valence-electron chi connectivity index (χ0n) is 13.1. The molecule has 1 aromatic carbocycles. The van der Waals surface area contributed by atoms with Gasteiger partial charge in [-0.2, -0.15) is 0 Å².